The van der Waals surface area contributed by atoms with Gasteiger partial charge >= 0.3 is 0 Å². The predicted molar refractivity (Wildman–Crippen MR) is 128 cm³/mol. The Morgan fingerprint density at radius 2 is 2.06 bits per heavy atom. The van der Waals surface area contributed by atoms with E-state index in [0.29, 0.717) is 12.3 Å². The van der Waals surface area contributed by atoms with Crippen molar-refractivity contribution in [1.82, 2.24) is 24.5 Å². The summed E-state index contributed by atoms with van der Waals surface area (Å²) in [4.78, 5) is 22.3. The molecule has 4 aromatic rings. The molecular formula is C24H25N5OS2. The largest absolute Gasteiger partial charge is 0.337 e. The Labute approximate surface area is 195 Å². The molecule has 1 aliphatic heterocycles. The maximum Gasteiger partial charge on any atom is 0.233 e. The van der Waals surface area contributed by atoms with Crippen molar-refractivity contribution in [3.8, 4) is 0 Å². The molecule has 0 fully saturated rings. The standard InChI is InChI=1S/C24H25N5OS2/c1-14-7-8-18-19(11-14)32-23-21(18)22-26-27-24(29(22)15(2)25-23)31-13-20(30)28-10-9-16-5-3-4-6-17(16)12-28/h3-6,14H,7-13H2,1-2H3. The smallest absolute Gasteiger partial charge is 0.233 e. The summed E-state index contributed by atoms with van der Waals surface area (Å²) in [5, 5.41) is 11.0. The van der Waals surface area contributed by atoms with E-state index in [-0.39, 0.29) is 5.91 Å². The topological polar surface area (TPSA) is 63.4 Å². The van der Waals surface area contributed by atoms with Gasteiger partial charge in [0.1, 0.15) is 10.7 Å². The van der Waals surface area contributed by atoms with Gasteiger partial charge in [0.15, 0.2) is 10.8 Å². The summed E-state index contributed by atoms with van der Waals surface area (Å²) in [5.74, 6) is 2.12. The number of aryl methyl sites for hydroxylation is 2. The summed E-state index contributed by atoms with van der Waals surface area (Å²) >= 11 is 3.28. The van der Waals surface area contributed by atoms with E-state index >= 15 is 0 Å². The number of hydrogen-bond donors (Lipinski definition) is 0. The van der Waals surface area contributed by atoms with Crippen molar-refractivity contribution in [3.05, 3.63) is 51.7 Å². The minimum Gasteiger partial charge on any atom is -0.337 e. The molecule has 164 valence electrons. The van der Waals surface area contributed by atoms with Gasteiger partial charge in [-0.15, -0.1) is 21.5 Å². The molecule has 3 aromatic heterocycles. The van der Waals surface area contributed by atoms with Gasteiger partial charge in [-0.25, -0.2) is 4.98 Å². The SMILES string of the molecule is Cc1nc2sc3c(c2c2nnc(SCC(=O)N4CCc5ccccc5C4)n12)CCC(C)C3. The Morgan fingerprint density at radius 3 is 2.94 bits per heavy atom. The van der Waals surface area contributed by atoms with Gasteiger partial charge in [0, 0.05) is 18.0 Å². The van der Waals surface area contributed by atoms with Gasteiger partial charge in [0.05, 0.1) is 11.1 Å². The number of nitrogens with zero attached hydrogens (tertiary/aromatic N) is 5. The van der Waals surface area contributed by atoms with E-state index < -0.39 is 0 Å². The van der Waals surface area contributed by atoms with Gasteiger partial charge in [0.2, 0.25) is 5.91 Å². The molecule has 4 heterocycles. The van der Waals surface area contributed by atoms with Crippen LogP contribution in [-0.4, -0.2) is 42.7 Å². The summed E-state index contributed by atoms with van der Waals surface area (Å²) < 4.78 is 2.04. The van der Waals surface area contributed by atoms with Crippen LogP contribution in [0.5, 0.6) is 0 Å². The fourth-order valence-corrected chi connectivity index (χ4v) is 7.29. The van der Waals surface area contributed by atoms with Gasteiger partial charge in [-0.3, -0.25) is 9.20 Å². The first kappa shape index (κ1) is 20.2. The van der Waals surface area contributed by atoms with Crippen molar-refractivity contribution in [1.29, 1.82) is 0 Å². The van der Waals surface area contributed by atoms with Gasteiger partial charge in [0.25, 0.3) is 0 Å². The predicted octanol–water partition coefficient (Wildman–Crippen LogP) is 4.45. The molecule has 1 amide bonds. The summed E-state index contributed by atoms with van der Waals surface area (Å²) in [5.41, 5.74) is 4.91. The first-order valence-electron chi connectivity index (χ1n) is 11.2. The van der Waals surface area contributed by atoms with Gasteiger partial charge in [-0.05, 0) is 55.2 Å². The van der Waals surface area contributed by atoms with E-state index in [1.54, 1.807) is 0 Å². The van der Waals surface area contributed by atoms with E-state index in [0.717, 1.165) is 53.2 Å². The van der Waals surface area contributed by atoms with Crippen LogP contribution < -0.4 is 0 Å². The zero-order chi connectivity index (χ0) is 21.8. The first-order valence-corrected chi connectivity index (χ1v) is 13.0. The zero-order valence-electron chi connectivity index (χ0n) is 18.3. The zero-order valence-corrected chi connectivity index (χ0v) is 19.9. The molecule has 0 radical (unpaired) electrons. The number of rotatable bonds is 3. The van der Waals surface area contributed by atoms with Crippen LogP contribution in [0.25, 0.3) is 15.9 Å². The van der Waals surface area contributed by atoms with Crippen LogP contribution in [0.3, 0.4) is 0 Å². The van der Waals surface area contributed by atoms with Gasteiger partial charge in [-0.2, -0.15) is 0 Å². The lowest BCUT2D eigenvalue weighted by Crippen LogP contribution is -2.37. The van der Waals surface area contributed by atoms with E-state index in [1.807, 2.05) is 33.6 Å². The lowest BCUT2D eigenvalue weighted by Gasteiger charge is -2.28. The highest BCUT2D eigenvalue weighted by Gasteiger charge is 2.26. The van der Waals surface area contributed by atoms with Gasteiger partial charge in [-0.1, -0.05) is 43.0 Å². The minimum atomic E-state index is 0.148. The molecular weight excluding hydrogens is 438 g/mol. The lowest BCUT2D eigenvalue weighted by atomic mass is 9.89. The third kappa shape index (κ3) is 3.31. The molecule has 1 unspecified atom stereocenters. The molecule has 0 saturated heterocycles. The molecule has 1 atom stereocenters. The van der Waals surface area contributed by atoms with E-state index in [4.69, 9.17) is 4.98 Å². The van der Waals surface area contributed by atoms with Crippen LogP contribution in [0, 0.1) is 12.8 Å². The Kier molecular flexibility index (Phi) is 4.95. The number of aromatic nitrogens is 4. The number of carbonyl (C=O) groups is 1. The highest BCUT2D eigenvalue weighted by Crippen LogP contribution is 2.39. The number of amides is 1. The first-order chi connectivity index (χ1) is 15.6. The summed E-state index contributed by atoms with van der Waals surface area (Å²) in [6, 6.07) is 8.40. The summed E-state index contributed by atoms with van der Waals surface area (Å²) in [7, 11) is 0. The summed E-state index contributed by atoms with van der Waals surface area (Å²) in [6.07, 6.45) is 4.34. The fourth-order valence-electron chi connectivity index (χ4n) is 4.99. The van der Waals surface area contributed by atoms with Crippen molar-refractivity contribution < 1.29 is 4.79 Å². The Morgan fingerprint density at radius 1 is 1.22 bits per heavy atom. The molecule has 2 aliphatic rings. The average molecular weight is 464 g/mol. The maximum absolute atomic E-state index is 13.0. The fraction of sp³-hybridized carbons (Fsp3) is 0.417. The molecule has 0 N–H and O–H groups in total. The van der Waals surface area contributed by atoms with Crippen LogP contribution in [-0.2, 0) is 30.6 Å². The van der Waals surface area contributed by atoms with Crippen molar-refractivity contribution >= 4 is 44.9 Å². The van der Waals surface area contributed by atoms with Crippen molar-refractivity contribution in [3.63, 3.8) is 0 Å². The summed E-state index contributed by atoms with van der Waals surface area (Å²) in [6.45, 7) is 5.80. The van der Waals surface area contributed by atoms with Crippen LogP contribution in [0.1, 0.15) is 40.7 Å². The van der Waals surface area contributed by atoms with Gasteiger partial charge < -0.3 is 4.90 Å². The quantitative estimate of drug-likeness (QED) is 0.420. The molecule has 1 aliphatic carbocycles. The molecule has 6 rings (SSSR count). The number of thiophene rings is 1. The van der Waals surface area contributed by atoms with Crippen LogP contribution in [0.4, 0.5) is 0 Å². The van der Waals surface area contributed by atoms with Crippen LogP contribution >= 0.6 is 23.1 Å². The third-order valence-corrected chi connectivity index (χ3v) is 8.81. The van der Waals surface area contributed by atoms with Crippen LogP contribution in [0.15, 0.2) is 29.4 Å². The number of carbonyl (C=O) groups excluding carboxylic acids is 1. The van der Waals surface area contributed by atoms with E-state index in [1.165, 1.54) is 45.1 Å². The number of fused-ring (bicyclic) bond motifs is 6. The highest BCUT2D eigenvalue weighted by molar-refractivity contribution is 7.99. The minimum absolute atomic E-state index is 0.148. The maximum atomic E-state index is 13.0. The van der Waals surface area contributed by atoms with Crippen LogP contribution in [0.2, 0.25) is 0 Å². The average Bonchev–Trinajstić information content (AvgIpc) is 3.38. The second-order valence-corrected chi connectivity index (χ2v) is 11.0. The lowest BCUT2D eigenvalue weighted by molar-refractivity contribution is -0.129. The van der Waals surface area contributed by atoms with E-state index in [9.17, 15) is 4.79 Å². The monoisotopic (exact) mass is 463 g/mol. The number of benzene rings is 1. The van der Waals surface area contributed by atoms with Crippen molar-refractivity contribution in [2.24, 2.45) is 5.92 Å². The van der Waals surface area contributed by atoms with E-state index in [2.05, 4.69) is 35.3 Å². The normalized spacial score (nSPS) is 18.2. The second-order valence-electron chi connectivity index (χ2n) is 8.96. The molecule has 0 saturated carbocycles. The Bertz CT molecular complexity index is 1360. The van der Waals surface area contributed by atoms with Crippen molar-refractivity contribution in [2.45, 2.75) is 51.2 Å². The molecule has 8 heteroatoms. The molecule has 6 nitrogen and oxygen atoms in total. The molecule has 0 spiro atoms. The highest BCUT2D eigenvalue weighted by atomic mass is 32.2. The third-order valence-electron chi connectivity index (χ3n) is 6.75. The number of hydrogen-bond acceptors (Lipinski definition) is 6. The Balaban J connectivity index is 1.27. The molecule has 0 bridgehead atoms. The Hall–Kier alpha value is -2.45. The van der Waals surface area contributed by atoms with Crippen molar-refractivity contribution in [2.75, 3.05) is 12.3 Å². The molecule has 1 aromatic carbocycles. The molecule has 32 heavy (non-hydrogen) atoms. The number of thioether (sulfide) groups is 1. The second kappa shape index (κ2) is 7.85.